The fourth-order valence-electron chi connectivity index (χ4n) is 3.13. The molecule has 1 aromatic carbocycles. The van der Waals surface area contributed by atoms with Crippen molar-refractivity contribution in [2.75, 3.05) is 33.3 Å². The van der Waals surface area contributed by atoms with Crippen LogP contribution in [-0.2, 0) is 22.3 Å². The molecule has 2 amide bonds. The van der Waals surface area contributed by atoms with Crippen molar-refractivity contribution in [3.05, 3.63) is 35.4 Å². The van der Waals surface area contributed by atoms with Gasteiger partial charge >= 0.3 is 12.3 Å². The largest absolute Gasteiger partial charge is 0.453 e. The third-order valence-corrected chi connectivity index (χ3v) is 4.72. The molecule has 144 valence electrons. The SMILES string of the molecule is COC(=O)NC(=O)[C@H](C)[NH+]1CC[NH+](Cc2cccc(C(F)(F)F)c2)CC1. The average molecular weight is 375 g/mol. The minimum Gasteiger partial charge on any atom is -0.453 e. The predicted molar refractivity (Wildman–Crippen MR) is 86.6 cm³/mol. The zero-order chi connectivity index (χ0) is 19.3. The number of benzene rings is 1. The molecule has 1 fully saturated rings. The molecule has 3 N–H and O–H groups in total. The Labute approximate surface area is 149 Å². The Morgan fingerprint density at radius 3 is 2.46 bits per heavy atom. The molecule has 9 heteroatoms. The van der Waals surface area contributed by atoms with Crippen LogP contribution in [0, 0.1) is 0 Å². The molecule has 0 aromatic heterocycles. The molecular formula is C17H24F3N3O3+2. The zero-order valence-corrected chi connectivity index (χ0v) is 14.8. The molecule has 0 unspecified atom stereocenters. The molecule has 6 nitrogen and oxygen atoms in total. The summed E-state index contributed by atoms with van der Waals surface area (Å²) in [4.78, 5) is 25.3. The highest BCUT2D eigenvalue weighted by atomic mass is 19.4. The Morgan fingerprint density at radius 1 is 1.23 bits per heavy atom. The molecule has 1 saturated heterocycles. The number of alkyl carbamates (subject to hydrolysis) is 1. The van der Waals surface area contributed by atoms with Crippen molar-refractivity contribution in [1.29, 1.82) is 0 Å². The number of methoxy groups -OCH3 is 1. The summed E-state index contributed by atoms with van der Waals surface area (Å²) in [7, 11) is 1.19. The number of hydrogen-bond acceptors (Lipinski definition) is 3. The predicted octanol–water partition coefficient (Wildman–Crippen LogP) is -0.740. The highest BCUT2D eigenvalue weighted by Crippen LogP contribution is 2.29. The molecule has 0 radical (unpaired) electrons. The molecule has 1 aromatic rings. The summed E-state index contributed by atoms with van der Waals surface area (Å²) in [5.74, 6) is -0.395. The van der Waals surface area contributed by atoms with Crippen LogP contribution in [0.3, 0.4) is 0 Å². The number of imide groups is 1. The number of hydrogen-bond donors (Lipinski definition) is 3. The lowest BCUT2D eigenvalue weighted by Crippen LogP contribution is -3.29. The minimum absolute atomic E-state index is 0.395. The first kappa shape index (κ1) is 20.2. The Hall–Kier alpha value is -2.13. The van der Waals surface area contributed by atoms with Gasteiger partial charge in [0.25, 0.3) is 5.91 Å². The van der Waals surface area contributed by atoms with Crippen molar-refractivity contribution < 1.29 is 37.3 Å². The molecule has 0 bridgehead atoms. The number of quaternary nitrogens is 2. The van der Waals surface area contributed by atoms with E-state index in [1.807, 2.05) is 0 Å². The molecule has 1 aliphatic heterocycles. The topological polar surface area (TPSA) is 64.3 Å². The van der Waals surface area contributed by atoms with Crippen molar-refractivity contribution in [2.24, 2.45) is 0 Å². The second-order valence-corrected chi connectivity index (χ2v) is 6.49. The van der Waals surface area contributed by atoms with Crippen LogP contribution >= 0.6 is 0 Å². The summed E-state index contributed by atoms with van der Waals surface area (Å²) in [5.41, 5.74) is 0.0153. The zero-order valence-electron chi connectivity index (χ0n) is 14.8. The highest BCUT2D eigenvalue weighted by molar-refractivity contribution is 5.93. The summed E-state index contributed by atoms with van der Waals surface area (Å²) >= 11 is 0. The van der Waals surface area contributed by atoms with Crippen molar-refractivity contribution in [3.63, 3.8) is 0 Å². The average Bonchev–Trinajstić information content (AvgIpc) is 2.61. The maximum absolute atomic E-state index is 12.8. The van der Waals surface area contributed by atoms with Crippen LogP contribution in [0.25, 0.3) is 0 Å². The maximum atomic E-state index is 12.8. The van der Waals surface area contributed by atoms with E-state index in [1.54, 1.807) is 13.0 Å². The molecule has 1 atom stereocenters. The summed E-state index contributed by atoms with van der Waals surface area (Å²) in [6, 6.07) is 5.00. The van der Waals surface area contributed by atoms with Gasteiger partial charge in [0.1, 0.15) is 32.7 Å². The molecule has 0 spiro atoms. The number of carbonyl (C=O) groups is 2. The molecule has 26 heavy (non-hydrogen) atoms. The summed E-state index contributed by atoms with van der Waals surface area (Å²) < 4.78 is 42.8. The summed E-state index contributed by atoms with van der Waals surface area (Å²) in [6.07, 6.45) is -5.12. The molecule has 1 heterocycles. The monoisotopic (exact) mass is 375 g/mol. The second-order valence-electron chi connectivity index (χ2n) is 6.49. The van der Waals surface area contributed by atoms with Gasteiger partial charge in [-0.2, -0.15) is 13.2 Å². The van der Waals surface area contributed by atoms with Crippen molar-refractivity contribution in [2.45, 2.75) is 25.7 Å². The number of nitrogens with one attached hydrogen (secondary N) is 3. The Bertz CT molecular complexity index is 644. The molecule has 1 aliphatic rings. The van der Waals surface area contributed by atoms with Gasteiger partial charge in [0.2, 0.25) is 0 Å². The Morgan fingerprint density at radius 2 is 1.88 bits per heavy atom. The standard InChI is InChI=1S/C17H22F3N3O3/c1-12(15(24)21-16(25)26-2)23-8-6-22(7-9-23)11-13-4-3-5-14(10-13)17(18,19)20/h3-5,10,12H,6-9,11H2,1-2H3,(H,21,24,25)/p+2/t12-/m0/s1. The second kappa shape index (κ2) is 8.50. The fraction of sp³-hybridized carbons (Fsp3) is 0.529. The van der Waals surface area contributed by atoms with Crippen LogP contribution in [0.1, 0.15) is 18.1 Å². The first-order valence-corrected chi connectivity index (χ1v) is 8.43. The fourth-order valence-corrected chi connectivity index (χ4v) is 3.13. The van der Waals surface area contributed by atoms with E-state index in [4.69, 9.17) is 0 Å². The van der Waals surface area contributed by atoms with Gasteiger partial charge in [-0.05, 0) is 19.1 Å². The van der Waals surface area contributed by atoms with Gasteiger partial charge in [-0.15, -0.1) is 0 Å². The highest BCUT2D eigenvalue weighted by Gasteiger charge is 2.33. The van der Waals surface area contributed by atoms with E-state index in [9.17, 15) is 22.8 Å². The van der Waals surface area contributed by atoms with Crippen LogP contribution in [-0.4, -0.2) is 51.3 Å². The lowest BCUT2D eigenvalue weighted by molar-refractivity contribution is -1.02. The smallest absolute Gasteiger partial charge is 0.416 e. The van der Waals surface area contributed by atoms with Crippen molar-refractivity contribution in [1.82, 2.24) is 5.32 Å². The van der Waals surface area contributed by atoms with Crippen LogP contribution in [0.5, 0.6) is 0 Å². The van der Waals surface area contributed by atoms with Gasteiger partial charge in [-0.25, -0.2) is 4.79 Å². The van der Waals surface area contributed by atoms with E-state index in [1.165, 1.54) is 24.1 Å². The first-order chi connectivity index (χ1) is 12.2. The van der Waals surface area contributed by atoms with Crippen LogP contribution in [0.4, 0.5) is 18.0 Å². The van der Waals surface area contributed by atoms with Gasteiger partial charge in [-0.3, -0.25) is 10.1 Å². The molecule has 0 aliphatic carbocycles. The minimum atomic E-state index is -4.34. The lowest BCUT2D eigenvalue weighted by Gasteiger charge is -2.32. The normalized spacial score (nSPS) is 21.7. The van der Waals surface area contributed by atoms with Crippen molar-refractivity contribution in [3.8, 4) is 0 Å². The van der Waals surface area contributed by atoms with E-state index >= 15 is 0 Å². The van der Waals surface area contributed by atoms with Crippen LogP contribution < -0.4 is 15.1 Å². The molecule has 0 saturated carbocycles. The number of ether oxygens (including phenoxy) is 1. The number of halogens is 3. The third kappa shape index (κ3) is 5.43. The number of piperazine rings is 1. The Balaban J connectivity index is 1.87. The van der Waals surface area contributed by atoms with Crippen LogP contribution in [0.2, 0.25) is 0 Å². The number of carbonyl (C=O) groups excluding carboxylic acids is 2. The van der Waals surface area contributed by atoms with Gasteiger partial charge in [-0.1, -0.05) is 12.1 Å². The maximum Gasteiger partial charge on any atom is 0.416 e. The van der Waals surface area contributed by atoms with Gasteiger partial charge < -0.3 is 14.5 Å². The van der Waals surface area contributed by atoms with Gasteiger partial charge in [0, 0.05) is 5.56 Å². The third-order valence-electron chi connectivity index (χ3n) is 4.72. The summed E-state index contributed by atoms with van der Waals surface area (Å²) in [5, 5.41) is 2.16. The molecular weight excluding hydrogens is 351 g/mol. The van der Waals surface area contributed by atoms with Crippen LogP contribution in [0.15, 0.2) is 24.3 Å². The van der Waals surface area contributed by atoms with Gasteiger partial charge in [0.15, 0.2) is 6.04 Å². The number of amides is 2. The Kier molecular flexibility index (Phi) is 6.60. The quantitative estimate of drug-likeness (QED) is 0.650. The molecule has 2 rings (SSSR count). The van der Waals surface area contributed by atoms with E-state index in [-0.39, 0.29) is 0 Å². The number of alkyl halides is 3. The van der Waals surface area contributed by atoms with Crippen molar-refractivity contribution >= 4 is 12.0 Å². The summed E-state index contributed by atoms with van der Waals surface area (Å²) in [6.45, 7) is 5.13. The van der Waals surface area contributed by atoms with E-state index < -0.39 is 29.8 Å². The van der Waals surface area contributed by atoms with E-state index in [0.29, 0.717) is 25.2 Å². The van der Waals surface area contributed by atoms with E-state index in [0.717, 1.165) is 24.1 Å². The first-order valence-electron chi connectivity index (χ1n) is 8.43. The van der Waals surface area contributed by atoms with E-state index in [2.05, 4.69) is 10.1 Å². The number of rotatable bonds is 4. The van der Waals surface area contributed by atoms with Gasteiger partial charge in [0.05, 0.1) is 12.7 Å². The lowest BCUT2D eigenvalue weighted by atomic mass is 10.1.